The van der Waals surface area contributed by atoms with E-state index in [1.54, 1.807) is 13.2 Å². The van der Waals surface area contributed by atoms with Crippen LogP contribution in [0.2, 0.25) is 0 Å². The molecule has 0 radical (unpaired) electrons. The molecule has 0 aliphatic heterocycles. The van der Waals surface area contributed by atoms with E-state index in [1.165, 1.54) is 0 Å². The van der Waals surface area contributed by atoms with Crippen LogP contribution < -0.4 is 15.8 Å². The van der Waals surface area contributed by atoms with Gasteiger partial charge in [0.05, 0.1) is 12.6 Å². The zero-order chi connectivity index (χ0) is 12.9. The summed E-state index contributed by atoms with van der Waals surface area (Å²) < 4.78 is 5.13. The van der Waals surface area contributed by atoms with E-state index in [0.29, 0.717) is 18.4 Å². The first kappa shape index (κ1) is 13.7. The van der Waals surface area contributed by atoms with Gasteiger partial charge in [-0.25, -0.2) is 4.98 Å². The van der Waals surface area contributed by atoms with Gasteiger partial charge in [0.2, 0.25) is 11.8 Å². The van der Waals surface area contributed by atoms with Crippen LogP contribution in [0, 0.1) is 6.92 Å². The van der Waals surface area contributed by atoms with E-state index < -0.39 is 0 Å². The number of nitrogens with zero attached hydrogens (tertiary/aromatic N) is 2. The summed E-state index contributed by atoms with van der Waals surface area (Å²) in [6.45, 7) is 6.68. The van der Waals surface area contributed by atoms with E-state index in [-0.39, 0.29) is 5.54 Å². The van der Waals surface area contributed by atoms with Gasteiger partial charge in [-0.15, -0.1) is 0 Å². The van der Waals surface area contributed by atoms with Crippen LogP contribution >= 0.6 is 0 Å². The molecule has 0 aromatic carbocycles. The van der Waals surface area contributed by atoms with Crippen molar-refractivity contribution in [1.29, 1.82) is 0 Å². The number of hydrogen-bond acceptors (Lipinski definition) is 5. The average Bonchev–Trinajstić information content (AvgIpc) is 2.35. The summed E-state index contributed by atoms with van der Waals surface area (Å²) in [6.07, 6.45) is 1.86. The molecule has 1 aromatic heterocycles. The normalized spacial score (nSPS) is 11.4. The third kappa shape index (κ3) is 3.30. The van der Waals surface area contributed by atoms with Crippen LogP contribution in [0.4, 0.5) is 5.95 Å². The molecule has 3 N–H and O–H groups in total. The molecule has 5 heteroatoms. The molecule has 0 amide bonds. The maximum absolute atomic E-state index is 5.84. The fourth-order valence-corrected chi connectivity index (χ4v) is 1.70. The van der Waals surface area contributed by atoms with Gasteiger partial charge in [0.1, 0.15) is 0 Å². The lowest BCUT2D eigenvalue weighted by molar-refractivity contribution is 0.394. The number of nitrogens with two attached hydrogens (primary N) is 1. The van der Waals surface area contributed by atoms with Crippen molar-refractivity contribution >= 4 is 5.95 Å². The van der Waals surface area contributed by atoms with Gasteiger partial charge in [-0.05, 0) is 19.8 Å². The van der Waals surface area contributed by atoms with Gasteiger partial charge >= 0.3 is 0 Å². The Kier molecular flexibility index (Phi) is 4.69. The summed E-state index contributed by atoms with van der Waals surface area (Å²) in [6, 6.07) is 1.80. The first-order chi connectivity index (χ1) is 8.09. The molecule has 0 aliphatic rings. The average molecular weight is 238 g/mol. The fraction of sp³-hybridized carbons (Fsp3) is 0.667. The van der Waals surface area contributed by atoms with Gasteiger partial charge in [0.25, 0.3) is 0 Å². The fourth-order valence-electron chi connectivity index (χ4n) is 1.70. The lowest BCUT2D eigenvalue weighted by Gasteiger charge is -2.31. The third-order valence-corrected chi connectivity index (χ3v) is 3.16. The Hall–Kier alpha value is -1.36. The van der Waals surface area contributed by atoms with E-state index in [0.717, 1.165) is 18.5 Å². The Bertz CT molecular complexity index is 355. The second kappa shape index (κ2) is 5.82. The predicted molar refractivity (Wildman–Crippen MR) is 69.3 cm³/mol. The van der Waals surface area contributed by atoms with Gasteiger partial charge < -0.3 is 15.8 Å². The van der Waals surface area contributed by atoms with Gasteiger partial charge in [-0.2, -0.15) is 4.98 Å². The highest BCUT2D eigenvalue weighted by atomic mass is 16.5. The molecule has 0 saturated heterocycles. The first-order valence-corrected chi connectivity index (χ1v) is 5.97. The van der Waals surface area contributed by atoms with E-state index in [1.807, 2.05) is 6.92 Å². The Balaban J connectivity index is 2.96. The first-order valence-electron chi connectivity index (χ1n) is 5.97. The molecular weight excluding hydrogens is 216 g/mol. The van der Waals surface area contributed by atoms with E-state index >= 15 is 0 Å². The predicted octanol–water partition coefficient (Wildman–Crippen LogP) is 1.72. The highest BCUT2D eigenvalue weighted by Gasteiger charge is 2.25. The number of hydrogen-bond donors (Lipinski definition) is 2. The van der Waals surface area contributed by atoms with E-state index in [4.69, 9.17) is 10.5 Å². The van der Waals surface area contributed by atoms with Crippen molar-refractivity contribution in [3.8, 4) is 5.88 Å². The molecule has 0 saturated carbocycles. The molecule has 17 heavy (non-hydrogen) atoms. The van der Waals surface area contributed by atoms with Crippen LogP contribution in [-0.2, 0) is 0 Å². The minimum Gasteiger partial charge on any atom is -0.481 e. The molecule has 0 atom stereocenters. The number of aryl methyl sites for hydroxylation is 1. The van der Waals surface area contributed by atoms with Gasteiger partial charge in [0.15, 0.2) is 0 Å². The highest BCUT2D eigenvalue weighted by molar-refractivity contribution is 5.34. The molecule has 5 nitrogen and oxygen atoms in total. The topological polar surface area (TPSA) is 73.1 Å². The Morgan fingerprint density at radius 1 is 1.35 bits per heavy atom. The number of ether oxygens (including phenoxy) is 1. The molecule has 0 fully saturated rings. The monoisotopic (exact) mass is 238 g/mol. The van der Waals surface area contributed by atoms with E-state index in [9.17, 15) is 0 Å². The summed E-state index contributed by atoms with van der Waals surface area (Å²) >= 11 is 0. The van der Waals surface area contributed by atoms with Crippen LogP contribution in [0.5, 0.6) is 5.88 Å². The number of aromatic nitrogens is 2. The van der Waals surface area contributed by atoms with Crippen LogP contribution in [-0.4, -0.2) is 29.2 Å². The lowest BCUT2D eigenvalue weighted by Crippen LogP contribution is -2.44. The molecular formula is C12H22N4O. The Morgan fingerprint density at radius 2 is 2.00 bits per heavy atom. The maximum Gasteiger partial charge on any atom is 0.226 e. The van der Waals surface area contributed by atoms with Crippen molar-refractivity contribution in [2.24, 2.45) is 5.73 Å². The van der Waals surface area contributed by atoms with Crippen molar-refractivity contribution in [3.63, 3.8) is 0 Å². The van der Waals surface area contributed by atoms with Crippen LogP contribution in [0.3, 0.4) is 0 Å². The van der Waals surface area contributed by atoms with E-state index in [2.05, 4.69) is 29.1 Å². The smallest absolute Gasteiger partial charge is 0.226 e. The van der Waals surface area contributed by atoms with Crippen molar-refractivity contribution < 1.29 is 4.74 Å². The number of anilines is 1. The molecule has 96 valence electrons. The minimum absolute atomic E-state index is 0.140. The number of rotatable bonds is 6. The van der Waals surface area contributed by atoms with Crippen LogP contribution in [0.1, 0.15) is 32.4 Å². The summed E-state index contributed by atoms with van der Waals surface area (Å²) in [4.78, 5) is 8.63. The standard InChI is InChI=1S/C12H22N4O/c1-5-12(6-2,8-13)16-11-14-9(3)7-10(15-11)17-4/h7H,5-6,8,13H2,1-4H3,(H,14,15,16). The Labute approximate surface area is 103 Å². The maximum atomic E-state index is 5.84. The second-order valence-electron chi connectivity index (χ2n) is 4.19. The van der Waals surface area contributed by atoms with Crippen LogP contribution in [0.15, 0.2) is 6.07 Å². The van der Waals surface area contributed by atoms with Crippen LogP contribution in [0.25, 0.3) is 0 Å². The zero-order valence-electron chi connectivity index (χ0n) is 11.1. The molecule has 0 bridgehead atoms. The minimum atomic E-state index is -0.140. The summed E-state index contributed by atoms with van der Waals surface area (Å²) in [7, 11) is 1.60. The number of nitrogens with one attached hydrogen (secondary N) is 1. The third-order valence-electron chi connectivity index (χ3n) is 3.16. The van der Waals surface area contributed by atoms with Gasteiger partial charge in [-0.1, -0.05) is 13.8 Å². The zero-order valence-corrected chi connectivity index (χ0v) is 11.1. The largest absolute Gasteiger partial charge is 0.481 e. The van der Waals surface area contributed by atoms with Crippen molar-refractivity contribution in [1.82, 2.24) is 9.97 Å². The SMILES string of the molecule is CCC(CC)(CN)Nc1nc(C)cc(OC)n1. The quantitative estimate of drug-likeness (QED) is 0.789. The second-order valence-corrected chi connectivity index (χ2v) is 4.19. The summed E-state index contributed by atoms with van der Waals surface area (Å²) in [5.41, 5.74) is 6.57. The Morgan fingerprint density at radius 3 is 2.47 bits per heavy atom. The highest BCUT2D eigenvalue weighted by Crippen LogP contribution is 2.20. The summed E-state index contributed by atoms with van der Waals surface area (Å²) in [5, 5.41) is 3.33. The molecule has 1 rings (SSSR count). The van der Waals surface area contributed by atoms with Crippen molar-refractivity contribution in [2.45, 2.75) is 39.2 Å². The number of methoxy groups -OCH3 is 1. The molecule has 1 aromatic rings. The molecule has 0 aliphatic carbocycles. The molecule has 1 heterocycles. The van der Waals surface area contributed by atoms with Crippen molar-refractivity contribution in [2.75, 3.05) is 19.0 Å². The van der Waals surface area contributed by atoms with Crippen molar-refractivity contribution in [3.05, 3.63) is 11.8 Å². The van der Waals surface area contributed by atoms with Gasteiger partial charge in [-0.3, -0.25) is 0 Å². The molecule has 0 spiro atoms. The summed E-state index contributed by atoms with van der Waals surface area (Å²) in [5.74, 6) is 1.15. The lowest BCUT2D eigenvalue weighted by atomic mass is 9.93. The molecule has 0 unspecified atom stereocenters. The van der Waals surface area contributed by atoms with Gasteiger partial charge in [0, 0.05) is 18.3 Å².